The Kier molecular flexibility index (Phi) is 4.55. The average Bonchev–Trinajstić information content (AvgIpc) is 2.56. The van der Waals surface area contributed by atoms with Crippen molar-refractivity contribution < 1.29 is 0 Å². The first-order chi connectivity index (χ1) is 11.1. The first-order valence-electron chi connectivity index (χ1n) is 8.06. The number of aromatic amines is 1. The maximum atomic E-state index is 12.2. The zero-order valence-electron chi connectivity index (χ0n) is 13.2. The molecule has 1 fully saturated rings. The number of hydrogen-bond acceptors (Lipinski definition) is 5. The number of rotatable bonds is 4. The largest absolute Gasteiger partial charge is 0.360 e. The van der Waals surface area contributed by atoms with Crippen molar-refractivity contribution in [1.82, 2.24) is 19.5 Å². The summed E-state index contributed by atoms with van der Waals surface area (Å²) in [6.45, 7) is 2.07. The van der Waals surface area contributed by atoms with Crippen LogP contribution in [0.5, 0.6) is 0 Å². The average molecular weight is 315 g/mol. The fourth-order valence-electron chi connectivity index (χ4n) is 3.14. The molecule has 2 aromatic rings. The molecule has 7 heteroatoms. The Hall–Kier alpha value is -2.44. The van der Waals surface area contributed by atoms with Gasteiger partial charge >= 0.3 is 11.4 Å². The molecule has 0 radical (unpaired) electrons. The molecule has 23 heavy (non-hydrogen) atoms. The summed E-state index contributed by atoms with van der Waals surface area (Å²) in [7, 11) is 0. The van der Waals surface area contributed by atoms with Gasteiger partial charge in [-0.2, -0.15) is 9.55 Å². The van der Waals surface area contributed by atoms with Gasteiger partial charge in [-0.05, 0) is 37.8 Å². The van der Waals surface area contributed by atoms with E-state index < -0.39 is 11.4 Å². The summed E-state index contributed by atoms with van der Waals surface area (Å²) < 4.78 is 0.927. The predicted molar refractivity (Wildman–Crippen MR) is 87.9 cm³/mol. The van der Waals surface area contributed by atoms with E-state index in [2.05, 4.69) is 27.2 Å². The van der Waals surface area contributed by atoms with Crippen LogP contribution in [0.15, 0.2) is 34.0 Å². The number of hydrogen-bond donors (Lipinski definition) is 2. The minimum atomic E-state index is -0.634. The lowest BCUT2D eigenvalue weighted by molar-refractivity contribution is 0.327. The zero-order valence-corrected chi connectivity index (χ0v) is 13.2. The number of nitrogens with one attached hydrogen (secondary N) is 2. The molecule has 7 nitrogen and oxygen atoms in total. The number of anilines is 1. The minimum absolute atomic E-state index is 0.170. The molecule has 0 unspecified atom stereocenters. The zero-order chi connectivity index (χ0) is 16.2. The van der Waals surface area contributed by atoms with Gasteiger partial charge in [0, 0.05) is 12.2 Å². The third-order valence-electron chi connectivity index (χ3n) is 4.43. The van der Waals surface area contributed by atoms with E-state index in [1.807, 2.05) is 0 Å². The highest BCUT2D eigenvalue weighted by Crippen LogP contribution is 2.27. The molecule has 1 aliphatic carbocycles. The van der Waals surface area contributed by atoms with Gasteiger partial charge in [0.15, 0.2) is 0 Å². The van der Waals surface area contributed by atoms with Gasteiger partial charge in [0.25, 0.3) is 0 Å². The molecule has 0 amide bonds. The van der Waals surface area contributed by atoms with Crippen LogP contribution in [0.2, 0.25) is 0 Å². The summed E-state index contributed by atoms with van der Waals surface area (Å²) in [6, 6.07) is 5.20. The van der Waals surface area contributed by atoms with E-state index in [-0.39, 0.29) is 17.8 Å². The number of pyridine rings is 1. The number of nitrogens with zero attached hydrogens (tertiary/aromatic N) is 3. The van der Waals surface area contributed by atoms with Crippen molar-refractivity contribution in [1.29, 1.82) is 0 Å². The maximum absolute atomic E-state index is 12.2. The third kappa shape index (κ3) is 3.49. The second-order valence-corrected chi connectivity index (χ2v) is 6.03. The van der Waals surface area contributed by atoms with Crippen LogP contribution in [0, 0.1) is 5.92 Å². The highest BCUT2D eigenvalue weighted by atomic mass is 16.2. The highest BCUT2D eigenvalue weighted by molar-refractivity contribution is 5.26. The van der Waals surface area contributed by atoms with Crippen LogP contribution in [0.4, 0.5) is 5.95 Å². The molecule has 1 saturated carbocycles. The fourth-order valence-corrected chi connectivity index (χ4v) is 3.14. The van der Waals surface area contributed by atoms with Crippen LogP contribution in [-0.2, 0) is 0 Å². The lowest BCUT2D eigenvalue weighted by Crippen LogP contribution is -2.38. The van der Waals surface area contributed by atoms with Gasteiger partial charge in [-0.25, -0.2) is 14.6 Å². The SMILES string of the molecule is C[C@H](Nc1nc(=O)n(-c2ccccn2)c(=O)[nH]1)C1CCCCC1. The molecule has 0 bridgehead atoms. The summed E-state index contributed by atoms with van der Waals surface area (Å²) in [5.74, 6) is 1.04. The van der Waals surface area contributed by atoms with Crippen LogP contribution >= 0.6 is 0 Å². The van der Waals surface area contributed by atoms with E-state index in [4.69, 9.17) is 0 Å². The molecule has 2 heterocycles. The maximum Gasteiger partial charge on any atom is 0.360 e. The molecule has 122 valence electrons. The van der Waals surface area contributed by atoms with Crippen molar-refractivity contribution in [2.45, 2.75) is 45.1 Å². The molecule has 0 saturated heterocycles. The summed E-state index contributed by atoms with van der Waals surface area (Å²) in [5.41, 5.74) is -1.17. The van der Waals surface area contributed by atoms with Gasteiger partial charge in [0.1, 0.15) is 5.82 Å². The van der Waals surface area contributed by atoms with Gasteiger partial charge in [0.2, 0.25) is 5.95 Å². The Bertz CT molecular complexity index is 731. The third-order valence-corrected chi connectivity index (χ3v) is 4.43. The van der Waals surface area contributed by atoms with Gasteiger partial charge in [-0.1, -0.05) is 25.3 Å². The van der Waals surface area contributed by atoms with Gasteiger partial charge < -0.3 is 5.32 Å². The predicted octanol–water partition coefficient (Wildman–Crippen LogP) is 1.70. The van der Waals surface area contributed by atoms with Crippen LogP contribution in [0.3, 0.4) is 0 Å². The number of H-pyrrole nitrogens is 1. The molecule has 1 aliphatic rings. The van der Waals surface area contributed by atoms with Crippen molar-refractivity contribution in [3.8, 4) is 5.82 Å². The fraction of sp³-hybridized carbons (Fsp3) is 0.500. The molecule has 2 aromatic heterocycles. The molecular weight excluding hydrogens is 294 g/mol. The van der Waals surface area contributed by atoms with Crippen LogP contribution in [-0.4, -0.2) is 25.6 Å². The van der Waals surface area contributed by atoms with Crippen molar-refractivity contribution in [2.75, 3.05) is 5.32 Å². The topological polar surface area (TPSA) is 92.7 Å². The highest BCUT2D eigenvalue weighted by Gasteiger charge is 2.21. The van der Waals surface area contributed by atoms with E-state index in [9.17, 15) is 9.59 Å². The molecule has 1 atom stereocenters. The van der Waals surface area contributed by atoms with Gasteiger partial charge in [-0.15, -0.1) is 0 Å². The van der Waals surface area contributed by atoms with Crippen molar-refractivity contribution in [3.05, 3.63) is 45.4 Å². The summed E-state index contributed by atoms with van der Waals surface area (Å²) in [6.07, 6.45) is 7.63. The Labute approximate surface area is 133 Å². The van der Waals surface area contributed by atoms with Gasteiger partial charge in [0.05, 0.1) is 0 Å². The first kappa shape index (κ1) is 15.5. The second-order valence-electron chi connectivity index (χ2n) is 6.03. The second kappa shape index (κ2) is 6.76. The lowest BCUT2D eigenvalue weighted by Gasteiger charge is -2.28. The van der Waals surface area contributed by atoms with Gasteiger partial charge in [-0.3, -0.25) is 4.98 Å². The molecule has 0 aliphatic heterocycles. The van der Waals surface area contributed by atoms with E-state index in [0.717, 1.165) is 4.57 Å². The van der Waals surface area contributed by atoms with Crippen molar-refractivity contribution >= 4 is 5.95 Å². The molecular formula is C16H21N5O2. The minimum Gasteiger partial charge on any atom is -0.353 e. The Balaban J connectivity index is 1.82. The van der Waals surface area contributed by atoms with E-state index in [1.165, 1.54) is 38.3 Å². The van der Waals surface area contributed by atoms with Crippen molar-refractivity contribution in [2.24, 2.45) is 5.92 Å². The Morgan fingerprint density at radius 2 is 2.04 bits per heavy atom. The standard InChI is InChI=1S/C16H21N5O2/c1-11(12-7-3-2-4-8-12)18-14-19-15(22)21(16(23)20-14)13-9-5-6-10-17-13/h5-6,9-12H,2-4,7-8H2,1H3,(H2,18,19,20,22,23)/t11-/m0/s1. The Morgan fingerprint density at radius 1 is 1.26 bits per heavy atom. The van der Waals surface area contributed by atoms with E-state index in [0.29, 0.717) is 5.92 Å². The van der Waals surface area contributed by atoms with Crippen LogP contribution in [0.25, 0.3) is 5.82 Å². The monoisotopic (exact) mass is 315 g/mol. The quantitative estimate of drug-likeness (QED) is 0.896. The van der Waals surface area contributed by atoms with E-state index in [1.54, 1.807) is 18.2 Å². The molecule has 3 rings (SSSR count). The summed E-state index contributed by atoms with van der Waals surface area (Å²) in [5, 5.41) is 3.17. The van der Waals surface area contributed by atoms with E-state index >= 15 is 0 Å². The normalized spacial score (nSPS) is 16.9. The summed E-state index contributed by atoms with van der Waals surface area (Å²) in [4.78, 5) is 35.0. The smallest absolute Gasteiger partial charge is 0.353 e. The van der Waals surface area contributed by atoms with Crippen molar-refractivity contribution in [3.63, 3.8) is 0 Å². The van der Waals surface area contributed by atoms with Crippen LogP contribution in [0.1, 0.15) is 39.0 Å². The molecule has 0 aromatic carbocycles. The lowest BCUT2D eigenvalue weighted by atomic mass is 9.85. The van der Waals surface area contributed by atoms with Crippen LogP contribution < -0.4 is 16.7 Å². The number of aromatic nitrogens is 4. The Morgan fingerprint density at radius 3 is 2.70 bits per heavy atom. The first-order valence-corrected chi connectivity index (χ1v) is 8.06. The molecule has 2 N–H and O–H groups in total. The summed E-state index contributed by atoms with van der Waals surface area (Å²) >= 11 is 0. The molecule has 0 spiro atoms.